The van der Waals surface area contributed by atoms with Crippen molar-refractivity contribution in [2.75, 3.05) is 32.0 Å². The van der Waals surface area contributed by atoms with Gasteiger partial charge in [-0.15, -0.1) is 0 Å². The Labute approximate surface area is 213 Å². The lowest BCUT2D eigenvalue weighted by Crippen LogP contribution is -2.32. The second-order valence-electron chi connectivity index (χ2n) is 9.21. The maximum Gasteiger partial charge on any atom is 0.319 e. The smallest absolute Gasteiger partial charge is 0.319 e. The van der Waals surface area contributed by atoms with E-state index in [0.717, 1.165) is 22.3 Å². The number of rotatable bonds is 12. The van der Waals surface area contributed by atoms with Gasteiger partial charge in [0.1, 0.15) is 5.71 Å². The van der Waals surface area contributed by atoms with Crippen LogP contribution in [-0.4, -0.2) is 43.9 Å². The van der Waals surface area contributed by atoms with Crippen molar-refractivity contribution in [2.24, 2.45) is 11.1 Å². The monoisotopic (exact) mass is 494 g/mol. The molecule has 1 aliphatic carbocycles. The zero-order chi connectivity index (χ0) is 25.8. The van der Waals surface area contributed by atoms with E-state index in [1.807, 2.05) is 43.3 Å². The summed E-state index contributed by atoms with van der Waals surface area (Å²) in [6.07, 6.45) is 6.11. The minimum absolute atomic E-state index is 0.0928. The molecule has 0 radical (unpaired) electrons. The van der Waals surface area contributed by atoms with E-state index >= 15 is 0 Å². The van der Waals surface area contributed by atoms with Gasteiger partial charge in [0.25, 0.3) is 5.91 Å². The molecule has 0 aliphatic heterocycles. The third-order valence-corrected chi connectivity index (χ3v) is 6.30. The molecule has 8 nitrogen and oxygen atoms in total. The van der Waals surface area contributed by atoms with Crippen molar-refractivity contribution in [1.82, 2.24) is 10.6 Å². The molecule has 36 heavy (non-hydrogen) atoms. The molecule has 1 saturated carbocycles. The number of hydrogen-bond acceptors (Lipinski definition) is 7. The zero-order valence-corrected chi connectivity index (χ0v) is 21.3. The summed E-state index contributed by atoms with van der Waals surface area (Å²) in [7, 11) is 0. The molecule has 0 saturated heterocycles. The molecule has 0 spiro atoms. The van der Waals surface area contributed by atoms with Gasteiger partial charge in [0.15, 0.2) is 6.61 Å². The summed E-state index contributed by atoms with van der Waals surface area (Å²) in [5.74, 6) is 0.0676. The van der Waals surface area contributed by atoms with Crippen LogP contribution in [0.4, 0.5) is 5.69 Å². The van der Waals surface area contributed by atoms with E-state index in [9.17, 15) is 9.59 Å². The molecule has 194 valence electrons. The lowest BCUT2D eigenvalue weighted by molar-refractivity contribution is -0.142. The Hall–Kier alpha value is -3.39. The second-order valence-corrected chi connectivity index (χ2v) is 9.21. The predicted octanol–water partition coefficient (Wildman–Crippen LogP) is 3.70. The van der Waals surface area contributed by atoms with Crippen molar-refractivity contribution in [1.29, 1.82) is 0 Å². The molecule has 1 amide bonds. The number of carbonyl (C=O) groups excluding carboxylic acids is 2. The van der Waals surface area contributed by atoms with E-state index in [2.05, 4.69) is 15.8 Å². The molecule has 1 aliphatic rings. The molecule has 1 fully saturated rings. The Morgan fingerprint density at radius 1 is 1.06 bits per heavy atom. The molecular formula is C28H38N4O4. The topological polar surface area (TPSA) is 115 Å². The first kappa shape index (κ1) is 27.2. The third-order valence-electron chi connectivity index (χ3n) is 6.30. The van der Waals surface area contributed by atoms with Gasteiger partial charge in [-0.3, -0.25) is 9.59 Å². The van der Waals surface area contributed by atoms with Crippen LogP contribution in [0.25, 0.3) is 0 Å². The highest BCUT2D eigenvalue weighted by Crippen LogP contribution is 2.23. The number of carbonyl (C=O) groups is 2. The number of aryl methyl sites for hydroxylation is 1. The van der Waals surface area contributed by atoms with Gasteiger partial charge in [-0.25, -0.2) is 0 Å². The number of ether oxygens (including phenoxy) is 1. The second kappa shape index (κ2) is 14.2. The summed E-state index contributed by atoms with van der Waals surface area (Å²) >= 11 is 0. The van der Waals surface area contributed by atoms with Crippen molar-refractivity contribution in [3.8, 4) is 0 Å². The first-order chi connectivity index (χ1) is 17.5. The standard InChI is InChI=1S/C28H38N4O4/c1-3-35-27(34)18-30-17-24-15-23(13-14-25(24)29)28(22-11-9-20(2)10-12-22)32-36-19-26(33)31-16-21-7-5-4-6-8-21/h9-15,21,30H,3-8,16-19,29H2,1-2H3,(H,31,33). The minimum atomic E-state index is -0.315. The molecule has 2 aromatic carbocycles. The molecular weight excluding hydrogens is 456 g/mol. The molecule has 0 bridgehead atoms. The predicted molar refractivity (Wildman–Crippen MR) is 142 cm³/mol. The van der Waals surface area contributed by atoms with Gasteiger partial charge < -0.3 is 25.9 Å². The first-order valence-electron chi connectivity index (χ1n) is 12.7. The number of benzene rings is 2. The normalized spacial score (nSPS) is 14.3. The number of nitrogen functional groups attached to an aromatic ring is 1. The lowest BCUT2D eigenvalue weighted by Gasteiger charge is -2.21. The van der Waals surface area contributed by atoms with E-state index in [1.54, 1.807) is 13.0 Å². The van der Waals surface area contributed by atoms with Crippen LogP contribution in [-0.2, 0) is 25.7 Å². The van der Waals surface area contributed by atoms with Gasteiger partial charge in [0, 0.05) is 29.9 Å². The SMILES string of the molecule is CCOC(=O)CNCc1cc(C(=NOCC(=O)NCC2CCCCC2)c2ccc(C)cc2)ccc1N. The Morgan fingerprint density at radius 2 is 1.78 bits per heavy atom. The summed E-state index contributed by atoms with van der Waals surface area (Å²) in [4.78, 5) is 29.5. The fourth-order valence-corrected chi connectivity index (χ4v) is 4.26. The van der Waals surface area contributed by atoms with Crippen LogP contribution in [0.1, 0.15) is 61.3 Å². The van der Waals surface area contributed by atoms with Crippen molar-refractivity contribution >= 4 is 23.3 Å². The van der Waals surface area contributed by atoms with E-state index in [4.69, 9.17) is 15.3 Å². The van der Waals surface area contributed by atoms with Crippen molar-refractivity contribution in [2.45, 2.75) is 52.5 Å². The van der Waals surface area contributed by atoms with Crippen LogP contribution in [0.5, 0.6) is 0 Å². The van der Waals surface area contributed by atoms with E-state index in [1.165, 1.54) is 32.1 Å². The molecule has 0 unspecified atom stereocenters. The number of amides is 1. The molecule has 2 aromatic rings. The first-order valence-corrected chi connectivity index (χ1v) is 12.7. The summed E-state index contributed by atoms with van der Waals surface area (Å²) in [5, 5.41) is 10.4. The highest BCUT2D eigenvalue weighted by Gasteiger charge is 2.15. The number of hydrogen-bond donors (Lipinski definition) is 3. The quantitative estimate of drug-likeness (QED) is 0.179. The van der Waals surface area contributed by atoms with Crippen molar-refractivity contribution in [3.63, 3.8) is 0 Å². The molecule has 0 aromatic heterocycles. The highest BCUT2D eigenvalue weighted by atomic mass is 16.6. The Morgan fingerprint density at radius 3 is 2.50 bits per heavy atom. The van der Waals surface area contributed by atoms with Crippen LogP contribution < -0.4 is 16.4 Å². The molecule has 4 N–H and O–H groups in total. The maximum atomic E-state index is 12.3. The van der Waals surface area contributed by atoms with E-state index < -0.39 is 0 Å². The molecule has 8 heteroatoms. The summed E-state index contributed by atoms with van der Waals surface area (Å²) in [6.45, 7) is 5.16. The average molecular weight is 495 g/mol. The number of nitrogens with zero attached hydrogens (tertiary/aromatic N) is 1. The van der Waals surface area contributed by atoms with Crippen LogP contribution in [0.3, 0.4) is 0 Å². The Balaban J connectivity index is 1.69. The number of anilines is 1. The van der Waals surface area contributed by atoms with Gasteiger partial charge in [-0.05, 0) is 50.3 Å². The van der Waals surface area contributed by atoms with Crippen LogP contribution in [0.15, 0.2) is 47.6 Å². The largest absolute Gasteiger partial charge is 0.465 e. The number of nitrogens with one attached hydrogen (secondary N) is 2. The van der Waals surface area contributed by atoms with Crippen molar-refractivity contribution in [3.05, 3.63) is 64.7 Å². The summed E-state index contributed by atoms with van der Waals surface area (Å²) < 4.78 is 4.95. The summed E-state index contributed by atoms with van der Waals surface area (Å²) in [6, 6.07) is 13.5. The van der Waals surface area contributed by atoms with Crippen LogP contribution in [0.2, 0.25) is 0 Å². The van der Waals surface area contributed by atoms with Gasteiger partial charge in [-0.2, -0.15) is 0 Å². The molecule has 0 atom stereocenters. The maximum absolute atomic E-state index is 12.3. The third kappa shape index (κ3) is 8.68. The van der Waals surface area contributed by atoms with Gasteiger partial charge in [0.05, 0.1) is 13.2 Å². The van der Waals surface area contributed by atoms with Crippen LogP contribution >= 0.6 is 0 Å². The summed E-state index contributed by atoms with van der Waals surface area (Å²) in [5.41, 5.74) is 11.0. The lowest BCUT2D eigenvalue weighted by atomic mass is 9.89. The van der Waals surface area contributed by atoms with Gasteiger partial charge >= 0.3 is 5.97 Å². The zero-order valence-electron chi connectivity index (χ0n) is 21.3. The number of oxime groups is 1. The fraction of sp³-hybridized carbons (Fsp3) is 0.464. The van der Waals surface area contributed by atoms with E-state index in [0.29, 0.717) is 37.0 Å². The fourth-order valence-electron chi connectivity index (χ4n) is 4.26. The minimum Gasteiger partial charge on any atom is -0.465 e. The molecule has 3 rings (SSSR count). The van der Waals surface area contributed by atoms with Crippen LogP contribution in [0, 0.1) is 12.8 Å². The van der Waals surface area contributed by atoms with Gasteiger partial charge in [-0.1, -0.05) is 60.3 Å². The average Bonchev–Trinajstić information content (AvgIpc) is 2.88. The Bertz CT molecular complexity index is 1030. The highest BCUT2D eigenvalue weighted by molar-refractivity contribution is 6.12. The Kier molecular flexibility index (Phi) is 10.8. The number of nitrogens with two attached hydrogens (primary N) is 1. The van der Waals surface area contributed by atoms with E-state index in [-0.39, 0.29) is 25.0 Å². The van der Waals surface area contributed by atoms with Gasteiger partial charge in [0.2, 0.25) is 0 Å². The number of esters is 1. The molecule has 0 heterocycles. The van der Waals surface area contributed by atoms with Crippen molar-refractivity contribution < 1.29 is 19.2 Å².